The van der Waals surface area contributed by atoms with E-state index in [2.05, 4.69) is 5.32 Å². The molecule has 0 saturated heterocycles. The molecule has 6 heteroatoms. The number of hydrogen-bond acceptors (Lipinski definition) is 4. The molecule has 0 aliphatic heterocycles. The number of imide groups is 1. The summed E-state index contributed by atoms with van der Waals surface area (Å²) in [6.07, 6.45) is 0. The molecule has 120 valence electrons. The summed E-state index contributed by atoms with van der Waals surface area (Å²) >= 11 is 0. The Labute approximate surface area is 134 Å². The maximum atomic E-state index is 12.4. The summed E-state index contributed by atoms with van der Waals surface area (Å²) in [5.41, 5.74) is 7.44. The van der Waals surface area contributed by atoms with E-state index in [9.17, 15) is 9.59 Å². The molecule has 0 aliphatic carbocycles. The average molecular weight is 313 g/mol. The van der Waals surface area contributed by atoms with Crippen LogP contribution < -0.4 is 20.7 Å². The minimum Gasteiger partial charge on any atom is -0.496 e. The van der Waals surface area contributed by atoms with Crippen LogP contribution in [-0.2, 0) is 11.3 Å². The first-order valence-electron chi connectivity index (χ1n) is 7.09. The van der Waals surface area contributed by atoms with Gasteiger partial charge in [-0.05, 0) is 24.3 Å². The molecule has 0 heterocycles. The van der Waals surface area contributed by atoms with E-state index in [4.69, 9.17) is 10.5 Å². The van der Waals surface area contributed by atoms with Crippen LogP contribution in [0, 0.1) is 0 Å². The van der Waals surface area contributed by atoms with Crippen molar-refractivity contribution in [2.24, 2.45) is 0 Å². The van der Waals surface area contributed by atoms with Gasteiger partial charge in [-0.25, -0.2) is 9.69 Å². The Balaban J connectivity index is 2.15. The third kappa shape index (κ3) is 4.00. The minimum atomic E-state index is -0.519. The monoisotopic (exact) mass is 313 g/mol. The predicted octanol–water partition coefficient (Wildman–Crippen LogP) is 2.54. The maximum Gasteiger partial charge on any atom is 0.329 e. The van der Waals surface area contributed by atoms with E-state index < -0.39 is 11.9 Å². The smallest absolute Gasteiger partial charge is 0.329 e. The number of methoxy groups -OCH3 is 1. The van der Waals surface area contributed by atoms with Crippen molar-refractivity contribution in [1.82, 2.24) is 5.32 Å². The van der Waals surface area contributed by atoms with E-state index in [1.54, 1.807) is 31.4 Å². The van der Waals surface area contributed by atoms with Crippen molar-refractivity contribution in [3.63, 3.8) is 0 Å². The van der Waals surface area contributed by atoms with Crippen molar-refractivity contribution in [2.75, 3.05) is 17.7 Å². The molecule has 2 aromatic carbocycles. The molecule has 3 N–H and O–H groups in total. The number of nitrogens with two attached hydrogens (primary N) is 1. The molecule has 0 unspecified atom stereocenters. The van der Waals surface area contributed by atoms with Gasteiger partial charge in [-0.15, -0.1) is 0 Å². The van der Waals surface area contributed by atoms with E-state index in [0.717, 1.165) is 10.5 Å². The molecule has 2 aromatic rings. The van der Waals surface area contributed by atoms with Crippen LogP contribution in [0.15, 0.2) is 48.5 Å². The first-order valence-corrected chi connectivity index (χ1v) is 7.09. The van der Waals surface area contributed by atoms with E-state index in [1.165, 1.54) is 6.92 Å². The lowest BCUT2D eigenvalue weighted by Crippen LogP contribution is -2.42. The number of nitrogens with one attached hydrogen (secondary N) is 1. The van der Waals surface area contributed by atoms with Gasteiger partial charge in [-0.1, -0.05) is 24.3 Å². The summed E-state index contributed by atoms with van der Waals surface area (Å²) in [6.45, 7) is 1.57. The number of hydrogen-bond donors (Lipinski definition) is 2. The molecule has 3 amide bonds. The molecule has 0 radical (unpaired) electrons. The topological polar surface area (TPSA) is 84.7 Å². The number of carbonyl (C=O) groups is 2. The zero-order valence-electron chi connectivity index (χ0n) is 13.1. The highest BCUT2D eigenvalue weighted by atomic mass is 16.5. The van der Waals surface area contributed by atoms with Gasteiger partial charge in [0.25, 0.3) is 0 Å². The SMILES string of the molecule is COc1ccccc1CNC(=O)N(C(C)=O)c1cccc(N)c1. The molecule has 0 bridgehead atoms. The number of nitrogens with zero attached hydrogens (tertiary/aromatic N) is 1. The number of anilines is 2. The molecular weight excluding hydrogens is 294 g/mol. The summed E-state index contributed by atoms with van der Waals surface area (Å²) in [4.78, 5) is 25.3. The van der Waals surface area contributed by atoms with E-state index in [0.29, 0.717) is 17.1 Å². The maximum absolute atomic E-state index is 12.4. The minimum absolute atomic E-state index is 0.245. The van der Waals surface area contributed by atoms with Gasteiger partial charge in [-0.3, -0.25) is 4.79 Å². The summed E-state index contributed by atoms with van der Waals surface area (Å²) in [5, 5.41) is 2.72. The number of carbonyl (C=O) groups excluding carboxylic acids is 2. The van der Waals surface area contributed by atoms with Crippen molar-refractivity contribution in [1.29, 1.82) is 0 Å². The van der Waals surface area contributed by atoms with Crippen LogP contribution >= 0.6 is 0 Å². The second kappa shape index (κ2) is 7.31. The van der Waals surface area contributed by atoms with Crippen LogP contribution in [0.4, 0.5) is 16.2 Å². The second-order valence-corrected chi connectivity index (χ2v) is 4.92. The Morgan fingerprint density at radius 2 is 1.91 bits per heavy atom. The average Bonchev–Trinajstić information content (AvgIpc) is 2.53. The first-order chi connectivity index (χ1) is 11.0. The van der Waals surface area contributed by atoms with Gasteiger partial charge in [0.1, 0.15) is 5.75 Å². The quantitative estimate of drug-likeness (QED) is 0.850. The van der Waals surface area contributed by atoms with Gasteiger partial charge in [0.2, 0.25) is 5.91 Å². The number of para-hydroxylation sites is 1. The van der Waals surface area contributed by atoms with Crippen LogP contribution in [0.2, 0.25) is 0 Å². The molecule has 23 heavy (non-hydrogen) atoms. The van der Waals surface area contributed by atoms with Crippen LogP contribution in [0.3, 0.4) is 0 Å². The van der Waals surface area contributed by atoms with Crippen molar-refractivity contribution in [2.45, 2.75) is 13.5 Å². The van der Waals surface area contributed by atoms with Crippen LogP contribution in [-0.4, -0.2) is 19.0 Å². The molecule has 0 spiro atoms. The van der Waals surface area contributed by atoms with E-state index in [1.807, 2.05) is 24.3 Å². The zero-order chi connectivity index (χ0) is 16.8. The number of nitrogen functional groups attached to an aromatic ring is 1. The van der Waals surface area contributed by atoms with Crippen LogP contribution in [0.25, 0.3) is 0 Å². The summed E-state index contributed by atoms with van der Waals surface area (Å²) in [7, 11) is 1.56. The summed E-state index contributed by atoms with van der Waals surface area (Å²) in [6, 6.07) is 13.4. The fourth-order valence-electron chi connectivity index (χ4n) is 2.20. The highest BCUT2D eigenvalue weighted by Crippen LogP contribution is 2.19. The normalized spacial score (nSPS) is 10.0. The predicted molar refractivity (Wildman–Crippen MR) is 89.2 cm³/mol. The van der Waals surface area contributed by atoms with Gasteiger partial charge in [-0.2, -0.15) is 0 Å². The summed E-state index contributed by atoms with van der Waals surface area (Å²) < 4.78 is 5.24. The lowest BCUT2D eigenvalue weighted by atomic mass is 10.2. The molecule has 6 nitrogen and oxygen atoms in total. The summed E-state index contributed by atoms with van der Waals surface area (Å²) in [5.74, 6) is 0.277. The Kier molecular flexibility index (Phi) is 5.19. The molecule has 0 aromatic heterocycles. The standard InChI is InChI=1S/C17H19N3O3/c1-12(21)20(15-8-5-7-14(18)10-15)17(22)19-11-13-6-3-4-9-16(13)23-2/h3-10H,11,18H2,1-2H3,(H,19,22). The van der Waals surface area contributed by atoms with Crippen molar-refractivity contribution < 1.29 is 14.3 Å². The fourth-order valence-corrected chi connectivity index (χ4v) is 2.20. The Morgan fingerprint density at radius 1 is 1.17 bits per heavy atom. The number of rotatable bonds is 4. The van der Waals surface area contributed by atoms with Crippen LogP contribution in [0.1, 0.15) is 12.5 Å². The Bertz CT molecular complexity index is 716. The van der Waals surface area contributed by atoms with Gasteiger partial charge < -0.3 is 15.8 Å². The lowest BCUT2D eigenvalue weighted by Gasteiger charge is -2.20. The second-order valence-electron chi connectivity index (χ2n) is 4.92. The van der Waals surface area contributed by atoms with E-state index in [-0.39, 0.29) is 6.54 Å². The molecular formula is C17H19N3O3. The van der Waals surface area contributed by atoms with Gasteiger partial charge in [0.15, 0.2) is 0 Å². The highest BCUT2D eigenvalue weighted by Gasteiger charge is 2.20. The first kappa shape index (κ1) is 16.4. The molecule has 0 aliphatic rings. The third-order valence-electron chi connectivity index (χ3n) is 3.27. The molecule has 0 atom stereocenters. The zero-order valence-corrected chi connectivity index (χ0v) is 13.1. The number of urea groups is 1. The highest BCUT2D eigenvalue weighted by molar-refractivity contribution is 6.13. The Morgan fingerprint density at radius 3 is 2.57 bits per heavy atom. The van der Waals surface area contributed by atoms with Gasteiger partial charge >= 0.3 is 6.03 Å². The van der Waals surface area contributed by atoms with Crippen LogP contribution in [0.5, 0.6) is 5.75 Å². The van der Waals surface area contributed by atoms with Crippen molar-refractivity contribution in [3.05, 3.63) is 54.1 Å². The van der Waals surface area contributed by atoms with Crippen molar-refractivity contribution in [3.8, 4) is 5.75 Å². The van der Waals surface area contributed by atoms with Crippen molar-refractivity contribution >= 4 is 23.3 Å². The number of amides is 3. The van der Waals surface area contributed by atoms with E-state index >= 15 is 0 Å². The third-order valence-corrected chi connectivity index (χ3v) is 3.27. The molecule has 0 saturated carbocycles. The van der Waals surface area contributed by atoms with Gasteiger partial charge in [0.05, 0.1) is 12.8 Å². The lowest BCUT2D eigenvalue weighted by molar-refractivity contribution is -0.115. The largest absolute Gasteiger partial charge is 0.496 e. The number of benzene rings is 2. The fraction of sp³-hybridized carbons (Fsp3) is 0.176. The number of ether oxygens (including phenoxy) is 1. The van der Waals surface area contributed by atoms with Gasteiger partial charge in [0, 0.05) is 24.7 Å². The Hall–Kier alpha value is -3.02. The molecule has 0 fully saturated rings. The molecule has 2 rings (SSSR count).